The van der Waals surface area contributed by atoms with Crippen LogP contribution in [-0.4, -0.2) is 34.5 Å². The summed E-state index contributed by atoms with van der Waals surface area (Å²) in [5.41, 5.74) is 2.23. The van der Waals surface area contributed by atoms with Crippen LogP contribution in [0.25, 0.3) is 0 Å². The molecule has 0 aliphatic carbocycles. The lowest BCUT2D eigenvalue weighted by Gasteiger charge is -2.17. The zero-order chi connectivity index (χ0) is 16.9. The van der Waals surface area contributed by atoms with Gasteiger partial charge in [-0.2, -0.15) is 0 Å². The number of benzene rings is 1. The highest BCUT2D eigenvalue weighted by Crippen LogP contribution is 2.13. The first-order valence-corrected chi connectivity index (χ1v) is 9.20. The number of thiazole rings is 1. The average Bonchev–Trinajstić information content (AvgIpc) is 3.13. The Bertz CT molecular complexity index is 738. The van der Waals surface area contributed by atoms with E-state index in [9.17, 15) is 9.59 Å². The maximum atomic E-state index is 12.1. The molecule has 1 aliphatic rings. The van der Waals surface area contributed by atoms with E-state index in [0.717, 1.165) is 31.7 Å². The lowest BCUT2D eigenvalue weighted by atomic mass is 10.2. The Labute approximate surface area is 145 Å². The molecule has 1 aliphatic heterocycles. The second-order valence-corrected chi connectivity index (χ2v) is 7.14. The van der Waals surface area contributed by atoms with Gasteiger partial charge in [0.2, 0.25) is 5.91 Å². The number of rotatable bonds is 6. The monoisotopic (exact) mass is 345 g/mol. The summed E-state index contributed by atoms with van der Waals surface area (Å²) in [4.78, 5) is 26.2. The third kappa shape index (κ3) is 4.33. The summed E-state index contributed by atoms with van der Waals surface area (Å²) in [7, 11) is 0. The van der Waals surface area contributed by atoms with Crippen LogP contribution in [0.4, 0.5) is 0 Å². The minimum atomic E-state index is 0.00945. The molecule has 1 N–H and O–H groups in total. The van der Waals surface area contributed by atoms with Crippen LogP contribution in [0.15, 0.2) is 40.5 Å². The third-order valence-electron chi connectivity index (χ3n) is 4.43. The van der Waals surface area contributed by atoms with Gasteiger partial charge >= 0.3 is 4.87 Å². The smallest absolute Gasteiger partial charge is 0.307 e. The van der Waals surface area contributed by atoms with Crippen molar-refractivity contribution in [2.45, 2.75) is 38.9 Å². The second-order valence-electron chi connectivity index (χ2n) is 6.32. The quantitative estimate of drug-likeness (QED) is 0.871. The molecule has 1 aromatic heterocycles. The molecule has 1 atom stereocenters. The number of hydrogen-bond donors (Lipinski definition) is 1. The van der Waals surface area contributed by atoms with Crippen molar-refractivity contribution >= 4 is 17.2 Å². The lowest BCUT2D eigenvalue weighted by Crippen LogP contribution is -2.37. The SMILES string of the molecule is Cc1csc(=O)n1CCC(=O)N[C@H]1CCN(Cc2ccccc2)C1. The molecular weight excluding hydrogens is 322 g/mol. The summed E-state index contributed by atoms with van der Waals surface area (Å²) >= 11 is 1.19. The van der Waals surface area contributed by atoms with Crippen LogP contribution in [0, 0.1) is 6.92 Å². The van der Waals surface area contributed by atoms with Crippen LogP contribution < -0.4 is 10.2 Å². The number of carbonyl (C=O) groups excluding carboxylic acids is 1. The molecule has 2 aromatic rings. The van der Waals surface area contributed by atoms with Gasteiger partial charge in [0.05, 0.1) is 0 Å². The van der Waals surface area contributed by atoms with Crippen molar-refractivity contribution in [2.24, 2.45) is 0 Å². The molecule has 6 heteroatoms. The fourth-order valence-electron chi connectivity index (χ4n) is 3.12. The molecule has 0 bridgehead atoms. The first kappa shape index (κ1) is 16.9. The Kier molecular flexibility index (Phi) is 5.48. The fraction of sp³-hybridized carbons (Fsp3) is 0.444. The van der Waals surface area contributed by atoms with E-state index in [0.29, 0.717) is 13.0 Å². The molecule has 0 spiro atoms. The topological polar surface area (TPSA) is 54.3 Å². The van der Waals surface area contributed by atoms with Gasteiger partial charge in [0, 0.05) is 49.7 Å². The molecular formula is C18H23N3O2S. The van der Waals surface area contributed by atoms with Gasteiger partial charge in [-0.3, -0.25) is 14.5 Å². The summed E-state index contributed by atoms with van der Waals surface area (Å²) in [5, 5.41) is 4.94. The third-order valence-corrected chi connectivity index (χ3v) is 5.31. The number of nitrogens with one attached hydrogen (secondary N) is 1. The molecule has 1 aromatic carbocycles. The van der Waals surface area contributed by atoms with E-state index in [4.69, 9.17) is 0 Å². The van der Waals surface area contributed by atoms with E-state index in [1.54, 1.807) is 4.57 Å². The van der Waals surface area contributed by atoms with Gasteiger partial charge in [-0.05, 0) is 18.9 Å². The number of aromatic nitrogens is 1. The van der Waals surface area contributed by atoms with Crippen molar-refractivity contribution in [1.82, 2.24) is 14.8 Å². The molecule has 0 saturated carbocycles. The van der Waals surface area contributed by atoms with Crippen molar-refractivity contribution in [3.8, 4) is 0 Å². The molecule has 1 saturated heterocycles. The molecule has 1 fully saturated rings. The Morgan fingerprint density at radius 1 is 1.33 bits per heavy atom. The molecule has 1 amide bonds. The minimum Gasteiger partial charge on any atom is -0.352 e. The van der Waals surface area contributed by atoms with Crippen LogP contribution in [0.5, 0.6) is 0 Å². The van der Waals surface area contributed by atoms with Crippen LogP contribution in [-0.2, 0) is 17.9 Å². The maximum Gasteiger partial charge on any atom is 0.307 e. The van der Waals surface area contributed by atoms with Crippen molar-refractivity contribution in [3.05, 3.63) is 56.6 Å². The van der Waals surface area contributed by atoms with Gasteiger partial charge in [0.1, 0.15) is 0 Å². The fourth-order valence-corrected chi connectivity index (χ4v) is 3.88. The number of nitrogens with zero attached hydrogens (tertiary/aromatic N) is 2. The van der Waals surface area contributed by atoms with Crippen LogP contribution in [0.3, 0.4) is 0 Å². The van der Waals surface area contributed by atoms with E-state index in [1.807, 2.05) is 18.4 Å². The van der Waals surface area contributed by atoms with Crippen LogP contribution in [0.2, 0.25) is 0 Å². The summed E-state index contributed by atoms with van der Waals surface area (Å²) < 4.78 is 1.67. The van der Waals surface area contributed by atoms with Crippen molar-refractivity contribution in [3.63, 3.8) is 0 Å². The molecule has 2 heterocycles. The van der Waals surface area contributed by atoms with Gasteiger partial charge in [0.15, 0.2) is 0 Å². The normalized spacial score (nSPS) is 18.0. The summed E-state index contributed by atoms with van der Waals surface area (Å²) in [6.45, 7) is 5.17. The highest BCUT2D eigenvalue weighted by atomic mass is 32.1. The van der Waals surface area contributed by atoms with Crippen molar-refractivity contribution in [1.29, 1.82) is 0 Å². The van der Waals surface area contributed by atoms with Crippen molar-refractivity contribution in [2.75, 3.05) is 13.1 Å². The molecule has 24 heavy (non-hydrogen) atoms. The Morgan fingerprint density at radius 2 is 2.12 bits per heavy atom. The molecule has 0 radical (unpaired) electrons. The standard InChI is InChI=1S/C18H23N3O2S/c1-14-13-24-18(23)21(14)10-8-17(22)19-16-7-9-20(12-16)11-15-5-3-2-4-6-15/h2-6,13,16H,7-12H2,1H3,(H,19,22)/t16-/m0/s1. The van der Waals surface area contributed by atoms with E-state index < -0.39 is 0 Å². The Hall–Kier alpha value is -1.92. The molecule has 128 valence electrons. The first-order valence-electron chi connectivity index (χ1n) is 8.32. The zero-order valence-corrected chi connectivity index (χ0v) is 14.7. The highest BCUT2D eigenvalue weighted by Gasteiger charge is 2.23. The van der Waals surface area contributed by atoms with Crippen LogP contribution >= 0.6 is 11.3 Å². The van der Waals surface area contributed by atoms with Gasteiger partial charge in [-0.15, -0.1) is 0 Å². The largest absolute Gasteiger partial charge is 0.352 e. The number of aryl methyl sites for hydroxylation is 1. The second kappa shape index (κ2) is 7.77. The van der Waals surface area contributed by atoms with E-state index in [2.05, 4.69) is 34.5 Å². The molecule has 5 nitrogen and oxygen atoms in total. The number of likely N-dealkylation sites (tertiary alicyclic amines) is 1. The number of hydrogen-bond acceptors (Lipinski definition) is 4. The minimum absolute atomic E-state index is 0.00945. The summed E-state index contributed by atoms with van der Waals surface area (Å²) in [6.07, 6.45) is 1.34. The highest BCUT2D eigenvalue weighted by molar-refractivity contribution is 7.07. The maximum absolute atomic E-state index is 12.1. The Morgan fingerprint density at radius 3 is 2.83 bits per heavy atom. The predicted octanol–water partition coefficient (Wildman–Crippen LogP) is 2.00. The van der Waals surface area contributed by atoms with E-state index in [1.165, 1.54) is 16.9 Å². The van der Waals surface area contributed by atoms with Crippen LogP contribution in [0.1, 0.15) is 24.1 Å². The zero-order valence-electron chi connectivity index (χ0n) is 13.9. The number of amides is 1. The molecule has 3 rings (SSSR count). The number of carbonyl (C=O) groups is 1. The van der Waals surface area contributed by atoms with E-state index in [-0.39, 0.29) is 16.8 Å². The predicted molar refractivity (Wildman–Crippen MR) is 96.2 cm³/mol. The summed E-state index contributed by atoms with van der Waals surface area (Å²) in [5.74, 6) is 0.0269. The Balaban J connectivity index is 1.43. The van der Waals surface area contributed by atoms with E-state index >= 15 is 0 Å². The molecule has 0 unspecified atom stereocenters. The van der Waals surface area contributed by atoms with Gasteiger partial charge < -0.3 is 9.88 Å². The first-order chi connectivity index (χ1) is 11.6. The summed E-state index contributed by atoms with van der Waals surface area (Å²) in [6, 6.07) is 10.6. The average molecular weight is 345 g/mol. The van der Waals surface area contributed by atoms with Gasteiger partial charge in [0.25, 0.3) is 0 Å². The lowest BCUT2D eigenvalue weighted by molar-refractivity contribution is -0.121. The van der Waals surface area contributed by atoms with Gasteiger partial charge in [-0.25, -0.2) is 0 Å². The van der Waals surface area contributed by atoms with Crippen molar-refractivity contribution < 1.29 is 4.79 Å². The van der Waals surface area contributed by atoms with Gasteiger partial charge in [-0.1, -0.05) is 41.7 Å².